The van der Waals surface area contributed by atoms with E-state index in [1.807, 2.05) is 0 Å². The molecule has 0 spiro atoms. The molecule has 0 N–H and O–H groups in total. The number of rotatable bonds is 2. The molecule has 0 saturated heterocycles. The van der Waals surface area contributed by atoms with Gasteiger partial charge in [0, 0.05) is 12.0 Å². The van der Waals surface area contributed by atoms with Crippen molar-refractivity contribution in [3.05, 3.63) is 17.5 Å². The van der Waals surface area contributed by atoms with Crippen LogP contribution in [0.1, 0.15) is 67.1 Å². The van der Waals surface area contributed by atoms with E-state index in [0.29, 0.717) is 5.92 Å². The van der Waals surface area contributed by atoms with Gasteiger partial charge in [0.05, 0.1) is 12.8 Å². The van der Waals surface area contributed by atoms with Crippen molar-refractivity contribution in [2.45, 2.75) is 50.9 Å². The Balaban J connectivity index is 2.04. The van der Waals surface area contributed by atoms with Crippen LogP contribution in [0.2, 0.25) is 0 Å². The van der Waals surface area contributed by atoms with E-state index in [9.17, 15) is 4.79 Å². The van der Waals surface area contributed by atoms with Crippen LogP contribution in [0.5, 0.6) is 0 Å². The second-order valence-corrected chi connectivity index (χ2v) is 4.65. The monoisotopic (exact) mass is 237 g/mol. The number of hydrogen-bond donors (Lipinski definition) is 0. The summed E-state index contributed by atoms with van der Waals surface area (Å²) in [4.78, 5) is 11.3. The summed E-state index contributed by atoms with van der Waals surface area (Å²) in [5.74, 6) is 0.205. The minimum absolute atomic E-state index is 0.213. The highest BCUT2D eigenvalue weighted by atomic mass is 16.5. The van der Waals surface area contributed by atoms with Crippen LogP contribution < -0.4 is 0 Å². The van der Waals surface area contributed by atoms with Gasteiger partial charge in [0.2, 0.25) is 5.76 Å². The summed E-state index contributed by atoms with van der Waals surface area (Å²) < 4.78 is 9.63. The Morgan fingerprint density at radius 1 is 1.29 bits per heavy atom. The summed E-state index contributed by atoms with van der Waals surface area (Å²) in [7, 11) is 1.35. The van der Waals surface area contributed by atoms with Crippen molar-refractivity contribution >= 4 is 5.97 Å². The van der Waals surface area contributed by atoms with Gasteiger partial charge in [-0.15, -0.1) is 0 Å². The molecule has 0 unspecified atom stereocenters. The van der Waals surface area contributed by atoms with Gasteiger partial charge in [-0.25, -0.2) is 4.79 Å². The molecule has 1 fully saturated rings. The third kappa shape index (κ3) is 3.08. The third-order valence-corrected chi connectivity index (χ3v) is 3.44. The Labute approximate surface area is 101 Å². The normalized spacial score (nSPS) is 18.4. The van der Waals surface area contributed by atoms with E-state index in [-0.39, 0.29) is 5.76 Å². The number of nitrogens with zero attached hydrogens (tertiary/aromatic N) is 1. The molecule has 1 aromatic heterocycles. The fourth-order valence-electron chi connectivity index (χ4n) is 2.43. The first kappa shape index (κ1) is 12.1. The Morgan fingerprint density at radius 2 is 1.94 bits per heavy atom. The molecule has 1 aliphatic rings. The van der Waals surface area contributed by atoms with E-state index in [4.69, 9.17) is 4.52 Å². The van der Waals surface area contributed by atoms with Gasteiger partial charge in [0.25, 0.3) is 0 Å². The topological polar surface area (TPSA) is 52.3 Å². The molecule has 94 valence electrons. The van der Waals surface area contributed by atoms with E-state index >= 15 is 0 Å². The predicted molar refractivity (Wildman–Crippen MR) is 62.9 cm³/mol. The average molecular weight is 237 g/mol. The van der Waals surface area contributed by atoms with Crippen molar-refractivity contribution in [1.29, 1.82) is 0 Å². The van der Waals surface area contributed by atoms with Crippen LogP contribution >= 0.6 is 0 Å². The van der Waals surface area contributed by atoms with Gasteiger partial charge in [0.1, 0.15) is 0 Å². The summed E-state index contributed by atoms with van der Waals surface area (Å²) in [5, 5.41) is 4.01. The summed E-state index contributed by atoms with van der Waals surface area (Å²) >= 11 is 0. The zero-order valence-corrected chi connectivity index (χ0v) is 10.3. The van der Waals surface area contributed by atoms with Crippen LogP contribution in [0.15, 0.2) is 10.6 Å². The zero-order valence-electron chi connectivity index (χ0n) is 10.3. The second kappa shape index (κ2) is 5.84. The third-order valence-electron chi connectivity index (χ3n) is 3.44. The van der Waals surface area contributed by atoms with Crippen LogP contribution in [0.25, 0.3) is 0 Å². The van der Waals surface area contributed by atoms with Gasteiger partial charge in [0.15, 0.2) is 0 Å². The van der Waals surface area contributed by atoms with Gasteiger partial charge in [-0.1, -0.05) is 37.3 Å². The van der Waals surface area contributed by atoms with Crippen LogP contribution in [-0.4, -0.2) is 18.2 Å². The molecule has 1 aliphatic carbocycles. The zero-order chi connectivity index (χ0) is 12.1. The fraction of sp³-hybridized carbons (Fsp3) is 0.692. The average Bonchev–Trinajstić information content (AvgIpc) is 2.77. The van der Waals surface area contributed by atoms with Gasteiger partial charge >= 0.3 is 5.97 Å². The molecule has 0 aliphatic heterocycles. The molecule has 0 aromatic carbocycles. The molecule has 4 heteroatoms. The first-order valence-electron chi connectivity index (χ1n) is 6.36. The molecule has 1 aromatic rings. The Morgan fingerprint density at radius 3 is 2.59 bits per heavy atom. The number of aromatic nitrogens is 1. The Bertz CT molecular complexity index is 364. The highest BCUT2D eigenvalue weighted by Crippen LogP contribution is 2.30. The minimum Gasteiger partial charge on any atom is -0.463 e. The molecular weight excluding hydrogens is 218 g/mol. The van der Waals surface area contributed by atoms with Crippen LogP contribution in [0.4, 0.5) is 0 Å². The number of esters is 1. The lowest BCUT2D eigenvalue weighted by Crippen LogP contribution is -2.03. The lowest BCUT2D eigenvalue weighted by molar-refractivity contribution is 0.0554. The van der Waals surface area contributed by atoms with Crippen molar-refractivity contribution in [3.8, 4) is 0 Å². The minimum atomic E-state index is -0.449. The maximum Gasteiger partial charge on any atom is 0.376 e. The van der Waals surface area contributed by atoms with Gasteiger partial charge in [-0.05, 0) is 12.8 Å². The van der Waals surface area contributed by atoms with Crippen molar-refractivity contribution < 1.29 is 14.1 Å². The first-order chi connectivity index (χ1) is 8.31. The standard InChI is InChI=1S/C13H19NO3/c1-16-13(15)12-9-11(14-17-12)10-7-5-3-2-4-6-8-10/h9-10H,2-8H2,1H3. The van der Waals surface area contributed by atoms with Crippen molar-refractivity contribution in [2.24, 2.45) is 0 Å². The largest absolute Gasteiger partial charge is 0.463 e. The van der Waals surface area contributed by atoms with Crippen LogP contribution in [-0.2, 0) is 4.74 Å². The molecule has 1 heterocycles. The van der Waals surface area contributed by atoms with E-state index < -0.39 is 5.97 Å². The van der Waals surface area contributed by atoms with E-state index in [0.717, 1.165) is 18.5 Å². The van der Waals surface area contributed by atoms with Crippen molar-refractivity contribution in [2.75, 3.05) is 7.11 Å². The lowest BCUT2D eigenvalue weighted by atomic mass is 9.89. The smallest absolute Gasteiger partial charge is 0.376 e. The van der Waals surface area contributed by atoms with Gasteiger partial charge < -0.3 is 9.26 Å². The summed E-state index contributed by atoms with van der Waals surface area (Å²) in [6, 6.07) is 1.73. The Hall–Kier alpha value is -1.32. The van der Waals surface area contributed by atoms with E-state index in [1.165, 1.54) is 39.2 Å². The predicted octanol–water partition coefficient (Wildman–Crippen LogP) is 3.29. The molecule has 17 heavy (non-hydrogen) atoms. The summed E-state index contributed by atoms with van der Waals surface area (Å²) in [6.07, 6.45) is 8.73. The molecular formula is C13H19NO3. The molecule has 1 saturated carbocycles. The van der Waals surface area contributed by atoms with Crippen molar-refractivity contribution in [1.82, 2.24) is 5.16 Å². The quantitative estimate of drug-likeness (QED) is 0.740. The molecule has 0 bridgehead atoms. The van der Waals surface area contributed by atoms with Gasteiger partial charge in [-0.2, -0.15) is 0 Å². The fourth-order valence-corrected chi connectivity index (χ4v) is 2.43. The number of ether oxygens (including phenoxy) is 1. The maximum absolute atomic E-state index is 11.3. The highest BCUT2D eigenvalue weighted by Gasteiger charge is 2.20. The molecule has 0 amide bonds. The maximum atomic E-state index is 11.3. The first-order valence-corrected chi connectivity index (χ1v) is 6.36. The van der Waals surface area contributed by atoms with Crippen molar-refractivity contribution in [3.63, 3.8) is 0 Å². The number of carbonyl (C=O) groups is 1. The van der Waals surface area contributed by atoms with Crippen LogP contribution in [0.3, 0.4) is 0 Å². The second-order valence-electron chi connectivity index (χ2n) is 4.65. The highest BCUT2D eigenvalue weighted by molar-refractivity contribution is 5.86. The molecule has 4 nitrogen and oxygen atoms in total. The van der Waals surface area contributed by atoms with Crippen LogP contribution in [0, 0.1) is 0 Å². The van der Waals surface area contributed by atoms with E-state index in [2.05, 4.69) is 9.89 Å². The molecule has 0 radical (unpaired) electrons. The molecule has 0 atom stereocenters. The van der Waals surface area contributed by atoms with E-state index in [1.54, 1.807) is 6.07 Å². The number of methoxy groups -OCH3 is 1. The Kier molecular flexibility index (Phi) is 4.18. The lowest BCUT2D eigenvalue weighted by Gasteiger charge is -2.16. The number of hydrogen-bond acceptors (Lipinski definition) is 4. The van der Waals surface area contributed by atoms with Gasteiger partial charge in [-0.3, -0.25) is 0 Å². The summed E-state index contributed by atoms with van der Waals surface area (Å²) in [6.45, 7) is 0. The summed E-state index contributed by atoms with van der Waals surface area (Å²) in [5.41, 5.74) is 0.910. The number of carbonyl (C=O) groups excluding carboxylic acids is 1. The SMILES string of the molecule is COC(=O)c1cc(C2CCCCCCC2)no1. The molecule has 2 rings (SSSR count).